The molecule has 24 heavy (non-hydrogen) atoms. The van der Waals surface area contributed by atoms with E-state index in [1.54, 1.807) is 19.3 Å². The van der Waals surface area contributed by atoms with Gasteiger partial charge in [0.05, 0.1) is 12.3 Å². The van der Waals surface area contributed by atoms with Gasteiger partial charge in [-0.3, -0.25) is 19.5 Å². The Morgan fingerprint density at radius 2 is 2.08 bits per heavy atom. The second-order valence-electron chi connectivity index (χ2n) is 5.81. The van der Waals surface area contributed by atoms with Crippen LogP contribution in [0.3, 0.4) is 0 Å². The van der Waals surface area contributed by atoms with E-state index < -0.39 is 11.2 Å². The molecule has 1 amide bonds. The fraction of sp³-hybridized carbons (Fsp3) is 0.438. The van der Waals surface area contributed by atoms with Crippen molar-refractivity contribution in [3.05, 3.63) is 56.3 Å². The van der Waals surface area contributed by atoms with Crippen LogP contribution in [-0.2, 0) is 11.2 Å². The summed E-state index contributed by atoms with van der Waals surface area (Å²) in [6, 6.07) is 3.60. The molecule has 0 aliphatic rings. The van der Waals surface area contributed by atoms with Crippen molar-refractivity contribution in [2.24, 2.45) is 0 Å². The molecule has 0 spiro atoms. The van der Waals surface area contributed by atoms with Gasteiger partial charge in [-0.05, 0) is 39.6 Å². The standard InChI is InChI=1S/C16H22N4O4/c1-10-11(15(22)19-16(23)18-10)6-7-14(21)17-9-12(20(2)3)13-5-4-8-24-13/h4-5,8,12H,6-7,9H2,1-3H3,(H,17,21)(H2,18,19,22,23). The molecule has 2 aromatic rings. The molecule has 0 radical (unpaired) electrons. The minimum absolute atomic E-state index is 0.0674. The Kier molecular flexibility index (Phi) is 5.75. The average molecular weight is 334 g/mol. The topological polar surface area (TPSA) is 111 Å². The number of aromatic nitrogens is 2. The summed E-state index contributed by atoms with van der Waals surface area (Å²) < 4.78 is 5.39. The number of H-pyrrole nitrogens is 2. The summed E-state index contributed by atoms with van der Waals surface area (Å²) in [4.78, 5) is 41.6. The van der Waals surface area contributed by atoms with Crippen molar-refractivity contribution in [3.8, 4) is 0 Å². The molecule has 8 heteroatoms. The molecule has 130 valence electrons. The van der Waals surface area contributed by atoms with E-state index in [0.29, 0.717) is 17.8 Å². The Hall–Kier alpha value is -2.61. The molecule has 0 fully saturated rings. The van der Waals surface area contributed by atoms with E-state index in [0.717, 1.165) is 5.76 Å². The lowest BCUT2D eigenvalue weighted by atomic mass is 10.1. The van der Waals surface area contributed by atoms with Crippen molar-refractivity contribution >= 4 is 5.91 Å². The van der Waals surface area contributed by atoms with Gasteiger partial charge < -0.3 is 14.7 Å². The molecule has 1 unspecified atom stereocenters. The van der Waals surface area contributed by atoms with Crippen molar-refractivity contribution in [2.75, 3.05) is 20.6 Å². The second kappa shape index (κ2) is 7.78. The first-order valence-electron chi connectivity index (χ1n) is 7.67. The highest BCUT2D eigenvalue weighted by Gasteiger charge is 2.18. The zero-order valence-corrected chi connectivity index (χ0v) is 14.0. The number of carbonyl (C=O) groups excluding carboxylic acids is 1. The zero-order chi connectivity index (χ0) is 17.7. The number of aryl methyl sites for hydroxylation is 1. The number of likely N-dealkylation sites (N-methyl/N-ethyl adjacent to an activating group) is 1. The quantitative estimate of drug-likeness (QED) is 0.675. The van der Waals surface area contributed by atoms with E-state index in [-0.39, 0.29) is 24.8 Å². The average Bonchev–Trinajstić information content (AvgIpc) is 3.00. The van der Waals surface area contributed by atoms with Crippen LogP contribution in [-0.4, -0.2) is 41.4 Å². The van der Waals surface area contributed by atoms with Crippen LogP contribution in [0.4, 0.5) is 0 Å². The Bertz CT molecular complexity index is 789. The van der Waals surface area contributed by atoms with Gasteiger partial charge >= 0.3 is 5.69 Å². The number of amides is 1. The fourth-order valence-electron chi connectivity index (χ4n) is 2.48. The van der Waals surface area contributed by atoms with E-state index in [1.807, 2.05) is 25.1 Å². The van der Waals surface area contributed by atoms with E-state index >= 15 is 0 Å². The summed E-state index contributed by atoms with van der Waals surface area (Å²) in [6.07, 6.45) is 2.02. The first kappa shape index (κ1) is 17.7. The molecule has 2 aromatic heterocycles. The third-order valence-electron chi connectivity index (χ3n) is 3.84. The van der Waals surface area contributed by atoms with Crippen molar-refractivity contribution in [2.45, 2.75) is 25.8 Å². The summed E-state index contributed by atoms with van der Waals surface area (Å²) >= 11 is 0. The van der Waals surface area contributed by atoms with E-state index in [1.165, 1.54) is 0 Å². The molecule has 3 N–H and O–H groups in total. The number of nitrogens with one attached hydrogen (secondary N) is 3. The van der Waals surface area contributed by atoms with Crippen molar-refractivity contribution in [1.82, 2.24) is 20.2 Å². The smallest absolute Gasteiger partial charge is 0.325 e. The third kappa shape index (κ3) is 4.45. The molecular weight excluding hydrogens is 312 g/mol. The monoisotopic (exact) mass is 334 g/mol. The molecule has 2 rings (SSSR count). The second-order valence-corrected chi connectivity index (χ2v) is 5.81. The van der Waals surface area contributed by atoms with Crippen LogP contribution in [0.15, 0.2) is 32.4 Å². The number of furan rings is 1. The highest BCUT2D eigenvalue weighted by molar-refractivity contribution is 5.76. The molecular formula is C16H22N4O4. The number of hydrogen-bond donors (Lipinski definition) is 3. The van der Waals surface area contributed by atoms with E-state index in [2.05, 4.69) is 15.3 Å². The predicted octanol–water partition coefficient (Wildman–Crippen LogP) is 0.316. The van der Waals surface area contributed by atoms with Crippen LogP contribution in [0.2, 0.25) is 0 Å². The van der Waals surface area contributed by atoms with Gasteiger partial charge in [-0.1, -0.05) is 0 Å². The van der Waals surface area contributed by atoms with Gasteiger partial charge in [0.2, 0.25) is 5.91 Å². The largest absolute Gasteiger partial charge is 0.468 e. The fourth-order valence-corrected chi connectivity index (χ4v) is 2.48. The van der Waals surface area contributed by atoms with Crippen molar-refractivity contribution in [1.29, 1.82) is 0 Å². The van der Waals surface area contributed by atoms with Crippen molar-refractivity contribution in [3.63, 3.8) is 0 Å². The highest BCUT2D eigenvalue weighted by atomic mass is 16.3. The summed E-state index contributed by atoms with van der Waals surface area (Å²) in [6.45, 7) is 2.04. The van der Waals surface area contributed by atoms with Gasteiger partial charge in [-0.15, -0.1) is 0 Å². The maximum absolute atomic E-state index is 12.1. The Morgan fingerprint density at radius 3 is 2.67 bits per heavy atom. The Morgan fingerprint density at radius 1 is 1.33 bits per heavy atom. The lowest BCUT2D eigenvalue weighted by Crippen LogP contribution is -2.35. The zero-order valence-electron chi connectivity index (χ0n) is 14.0. The van der Waals surface area contributed by atoms with Crippen LogP contribution in [0.5, 0.6) is 0 Å². The van der Waals surface area contributed by atoms with Gasteiger partial charge in [-0.25, -0.2) is 4.79 Å². The predicted molar refractivity (Wildman–Crippen MR) is 88.9 cm³/mol. The molecule has 0 aliphatic heterocycles. The summed E-state index contributed by atoms with van der Waals surface area (Å²) in [7, 11) is 3.81. The van der Waals surface area contributed by atoms with Gasteiger partial charge in [0.1, 0.15) is 5.76 Å². The molecule has 0 aliphatic carbocycles. The number of nitrogens with zero attached hydrogens (tertiary/aromatic N) is 1. The SMILES string of the molecule is Cc1[nH]c(=O)[nH]c(=O)c1CCC(=O)NCC(c1ccco1)N(C)C. The maximum atomic E-state index is 12.1. The molecule has 0 aromatic carbocycles. The lowest BCUT2D eigenvalue weighted by Gasteiger charge is -2.22. The van der Waals surface area contributed by atoms with Crippen LogP contribution >= 0.6 is 0 Å². The molecule has 2 heterocycles. The van der Waals surface area contributed by atoms with Gasteiger partial charge in [0, 0.05) is 24.2 Å². The van der Waals surface area contributed by atoms with Gasteiger partial charge in [0.25, 0.3) is 5.56 Å². The van der Waals surface area contributed by atoms with E-state index in [9.17, 15) is 14.4 Å². The van der Waals surface area contributed by atoms with Crippen LogP contribution < -0.4 is 16.6 Å². The minimum atomic E-state index is -0.544. The summed E-state index contributed by atoms with van der Waals surface area (Å²) in [5, 5.41) is 2.85. The maximum Gasteiger partial charge on any atom is 0.325 e. The molecule has 0 saturated carbocycles. The molecule has 0 saturated heterocycles. The first-order chi connectivity index (χ1) is 11.4. The molecule has 8 nitrogen and oxygen atoms in total. The Labute approximate surface area is 138 Å². The first-order valence-corrected chi connectivity index (χ1v) is 7.67. The minimum Gasteiger partial charge on any atom is -0.468 e. The summed E-state index contributed by atoms with van der Waals surface area (Å²) in [5.74, 6) is 0.603. The van der Waals surface area contributed by atoms with Gasteiger partial charge in [-0.2, -0.15) is 0 Å². The lowest BCUT2D eigenvalue weighted by molar-refractivity contribution is -0.121. The molecule has 0 bridgehead atoms. The van der Waals surface area contributed by atoms with Crippen LogP contribution in [0.1, 0.15) is 29.5 Å². The number of rotatable bonds is 7. The van der Waals surface area contributed by atoms with Crippen LogP contribution in [0, 0.1) is 6.92 Å². The number of aromatic amines is 2. The van der Waals surface area contributed by atoms with E-state index in [4.69, 9.17) is 4.42 Å². The van der Waals surface area contributed by atoms with Gasteiger partial charge in [0.15, 0.2) is 0 Å². The summed E-state index contributed by atoms with van der Waals surface area (Å²) in [5.41, 5.74) is -0.0953. The molecule has 1 atom stereocenters. The highest BCUT2D eigenvalue weighted by Crippen LogP contribution is 2.17. The number of carbonyl (C=O) groups is 1. The third-order valence-corrected chi connectivity index (χ3v) is 3.84. The normalized spacial score (nSPS) is 12.3. The Balaban J connectivity index is 1.92. The number of hydrogen-bond acceptors (Lipinski definition) is 5. The van der Waals surface area contributed by atoms with Crippen molar-refractivity contribution < 1.29 is 9.21 Å². The van der Waals surface area contributed by atoms with Crippen LogP contribution in [0.25, 0.3) is 0 Å².